The summed E-state index contributed by atoms with van der Waals surface area (Å²) in [5, 5.41) is 18.4. The third-order valence-corrected chi connectivity index (χ3v) is 4.27. The van der Waals surface area contributed by atoms with E-state index in [2.05, 4.69) is 15.8 Å². The molecule has 0 unspecified atom stereocenters. The second-order valence-corrected chi connectivity index (χ2v) is 6.11. The molecular weight excluding hydrogens is 296 g/mol. The largest absolute Gasteiger partial charge is 0.359 e. The minimum absolute atomic E-state index is 0.106. The fourth-order valence-corrected chi connectivity index (χ4v) is 3.04. The van der Waals surface area contributed by atoms with Crippen molar-refractivity contribution in [1.82, 2.24) is 10.7 Å². The Morgan fingerprint density at radius 2 is 2.20 bits per heavy atom. The molecule has 1 aromatic rings. The van der Waals surface area contributed by atoms with Crippen molar-refractivity contribution >= 4 is 39.9 Å². The van der Waals surface area contributed by atoms with Crippen LogP contribution >= 0.6 is 23.6 Å². The molecular formula is C12H16N4O2S2. The van der Waals surface area contributed by atoms with Gasteiger partial charge in [0.1, 0.15) is 0 Å². The number of hydrogen-bond donors (Lipinski definition) is 2. The van der Waals surface area contributed by atoms with Crippen LogP contribution in [0.15, 0.2) is 17.2 Å². The lowest BCUT2D eigenvalue weighted by Gasteiger charge is -2.23. The van der Waals surface area contributed by atoms with E-state index in [0.29, 0.717) is 16.0 Å². The average Bonchev–Trinajstić information content (AvgIpc) is 2.89. The van der Waals surface area contributed by atoms with E-state index in [4.69, 9.17) is 12.2 Å². The Hall–Kier alpha value is -1.54. The Morgan fingerprint density at radius 3 is 2.85 bits per heavy atom. The Bertz CT molecular complexity index is 509. The van der Waals surface area contributed by atoms with Gasteiger partial charge in [0.15, 0.2) is 5.11 Å². The molecule has 0 spiro atoms. The number of hydrazone groups is 1. The number of rotatable bonds is 4. The van der Waals surface area contributed by atoms with Gasteiger partial charge in [-0.05, 0) is 31.1 Å². The smallest absolute Gasteiger partial charge is 0.324 e. The summed E-state index contributed by atoms with van der Waals surface area (Å²) < 4.78 is 0. The van der Waals surface area contributed by atoms with Gasteiger partial charge in [-0.3, -0.25) is 15.5 Å². The van der Waals surface area contributed by atoms with E-state index < -0.39 is 4.92 Å². The van der Waals surface area contributed by atoms with Crippen molar-refractivity contribution in [3.8, 4) is 0 Å². The monoisotopic (exact) mass is 312 g/mol. The van der Waals surface area contributed by atoms with Crippen LogP contribution in [0.3, 0.4) is 0 Å². The quantitative estimate of drug-likeness (QED) is 0.387. The highest BCUT2D eigenvalue weighted by Gasteiger charge is 2.13. The zero-order chi connectivity index (χ0) is 14.4. The van der Waals surface area contributed by atoms with Crippen molar-refractivity contribution in [3.63, 3.8) is 0 Å². The summed E-state index contributed by atoms with van der Waals surface area (Å²) in [5.74, 6) is 0. The van der Waals surface area contributed by atoms with E-state index in [-0.39, 0.29) is 5.00 Å². The van der Waals surface area contributed by atoms with E-state index in [1.54, 1.807) is 6.07 Å². The van der Waals surface area contributed by atoms with Crippen molar-refractivity contribution in [2.45, 2.75) is 38.1 Å². The van der Waals surface area contributed by atoms with E-state index in [1.165, 1.54) is 31.5 Å². The predicted octanol–water partition coefficient (Wildman–Crippen LogP) is 2.79. The standard InChI is InChI=1S/C12H16N4O2S2/c17-16(18)11-7-6-10(20-11)8-13-15-12(19)14-9-4-2-1-3-5-9/h6-9H,1-5H2,(H2,14,15,19)/b13-8+. The lowest BCUT2D eigenvalue weighted by Crippen LogP contribution is -2.40. The molecule has 0 radical (unpaired) electrons. The van der Waals surface area contributed by atoms with Crippen LogP contribution < -0.4 is 10.7 Å². The molecule has 1 aliphatic carbocycles. The van der Waals surface area contributed by atoms with Gasteiger partial charge >= 0.3 is 5.00 Å². The van der Waals surface area contributed by atoms with Crippen molar-refractivity contribution < 1.29 is 4.92 Å². The maximum absolute atomic E-state index is 10.5. The van der Waals surface area contributed by atoms with Crippen LogP contribution in [0.25, 0.3) is 0 Å². The van der Waals surface area contributed by atoms with Crippen molar-refractivity contribution in [1.29, 1.82) is 0 Å². The molecule has 1 heterocycles. The van der Waals surface area contributed by atoms with E-state index in [1.807, 2.05) is 0 Å². The predicted molar refractivity (Wildman–Crippen MR) is 84.3 cm³/mol. The molecule has 6 nitrogen and oxygen atoms in total. The van der Waals surface area contributed by atoms with Gasteiger partial charge in [0, 0.05) is 12.1 Å². The van der Waals surface area contributed by atoms with Gasteiger partial charge in [0.25, 0.3) is 0 Å². The van der Waals surface area contributed by atoms with Crippen LogP contribution in [0.2, 0.25) is 0 Å². The number of nitro groups is 1. The molecule has 0 saturated heterocycles. The molecule has 1 aliphatic rings. The summed E-state index contributed by atoms with van der Waals surface area (Å²) in [6.45, 7) is 0. The zero-order valence-electron chi connectivity index (χ0n) is 10.9. The van der Waals surface area contributed by atoms with Crippen molar-refractivity contribution in [2.75, 3.05) is 0 Å². The SMILES string of the molecule is O=[N+]([O-])c1ccc(/C=N/NC(=S)NC2CCCCC2)s1. The molecule has 0 amide bonds. The fourth-order valence-electron chi connectivity index (χ4n) is 2.13. The normalized spacial score (nSPS) is 16.2. The first-order chi connectivity index (χ1) is 9.65. The Labute approximate surface area is 126 Å². The molecule has 108 valence electrons. The molecule has 2 rings (SSSR count). The van der Waals surface area contributed by atoms with Gasteiger partial charge < -0.3 is 5.32 Å². The van der Waals surface area contributed by atoms with Crippen LogP contribution in [-0.4, -0.2) is 22.3 Å². The van der Waals surface area contributed by atoms with Crippen LogP contribution in [0.1, 0.15) is 37.0 Å². The average molecular weight is 312 g/mol. The minimum atomic E-state index is -0.412. The highest BCUT2D eigenvalue weighted by molar-refractivity contribution is 7.80. The first kappa shape index (κ1) is 14.9. The van der Waals surface area contributed by atoms with E-state index in [0.717, 1.165) is 24.2 Å². The number of thiophene rings is 1. The lowest BCUT2D eigenvalue weighted by molar-refractivity contribution is -0.380. The Morgan fingerprint density at radius 1 is 1.45 bits per heavy atom. The number of thiocarbonyl (C=S) groups is 1. The fraction of sp³-hybridized carbons (Fsp3) is 0.500. The number of hydrogen-bond acceptors (Lipinski definition) is 5. The van der Waals surface area contributed by atoms with Gasteiger partial charge in [-0.2, -0.15) is 5.10 Å². The second-order valence-electron chi connectivity index (χ2n) is 4.61. The Balaban J connectivity index is 1.76. The van der Waals surface area contributed by atoms with Crippen LogP contribution in [0, 0.1) is 10.1 Å². The molecule has 20 heavy (non-hydrogen) atoms. The summed E-state index contributed by atoms with van der Waals surface area (Å²) >= 11 is 6.23. The molecule has 2 N–H and O–H groups in total. The first-order valence-corrected chi connectivity index (χ1v) is 7.71. The van der Waals surface area contributed by atoms with Gasteiger partial charge in [-0.1, -0.05) is 30.6 Å². The molecule has 8 heteroatoms. The molecule has 1 fully saturated rings. The summed E-state index contributed by atoms with van der Waals surface area (Å²) in [5.41, 5.74) is 2.74. The van der Waals surface area contributed by atoms with Gasteiger partial charge in [0.05, 0.1) is 16.0 Å². The Kier molecular flexibility index (Phi) is 5.42. The van der Waals surface area contributed by atoms with Crippen LogP contribution in [-0.2, 0) is 0 Å². The second kappa shape index (κ2) is 7.30. The van der Waals surface area contributed by atoms with Crippen LogP contribution in [0.4, 0.5) is 5.00 Å². The summed E-state index contributed by atoms with van der Waals surface area (Å²) in [4.78, 5) is 10.8. The van der Waals surface area contributed by atoms with Crippen LogP contribution in [0.5, 0.6) is 0 Å². The summed E-state index contributed by atoms with van der Waals surface area (Å²) in [6, 6.07) is 3.55. The number of nitrogens with zero attached hydrogens (tertiary/aromatic N) is 2. The molecule has 0 aromatic carbocycles. The summed E-state index contributed by atoms with van der Waals surface area (Å²) in [6.07, 6.45) is 7.59. The van der Waals surface area contributed by atoms with Crippen molar-refractivity contribution in [2.24, 2.45) is 5.10 Å². The molecule has 1 saturated carbocycles. The highest BCUT2D eigenvalue weighted by Crippen LogP contribution is 2.22. The molecule has 0 atom stereocenters. The van der Waals surface area contributed by atoms with Gasteiger partial charge in [0.2, 0.25) is 0 Å². The van der Waals surface area contributed by atoms with Gasteiger partial charge in [-0.25, -0.2) is 0 Å². The van der Waals surface area contributed by atoms with E-state index >= 15 is 0 Å². The van der Waals surface area contributed by atoms with Crippen molar-refractivity contribution in [3.05, 3.63) is 27.1 Å². The lowest BCUT2D eigenvalue weighted by atomic mass is 9.96. The number of nitrogens with one attached hydrogen (secondary N) is 2. The third kappa shape index (κ3) is 4.53. The zero-order valence-corrected chi connectivity index (χ0v) is 12.5. The molecule has 0 aliphatic heterocycles. The third-order valence-electron chi connectivity index (χ3n) is 3.09. The first-order valence-electron chi connectivity index (χ1n) is 6.49. The molecule has 1 aromatic heterocycles. The topological polar surface area (TPSA) is 79.6 Å². The van der Waals surface area contributed by atoms with Gasteiger partial charge in [-0.15, -0.1) is 0 Å². The molecule has 0 bridgehead atoms. The highest BCUT2D eigenvalue weighted by atomic mass is 32.1. The van der Waals surface area contributed by atoms with E-state index in [9.17, 15) is 10.1 Å². The maximum Gasteiger partial charge on any atom is 0.324 e. The minimum Gasteiger partial charge on any atom is -0.359 e. The summed E-state index contributed by atoms with van der Waals surface area (Å²) in [7, 11) is 0. The maximum atomic E-state index is 10.5.